The fraction of sp³-hybridized carbons (Fsp3) is 0.375. The Labute approximate surface area is 207 Å². The second kappa shape index (κ2) is 12.4. The van der Waals surface area contributed by atoms with Crippen molar-refractivity contribution in [1.29, 1.82) is 0 Å². The number of aliphatic imine (C=N–C) groups is 1. The van der Waals surface area contributed by atoms with Crippen molar-refractivity contribution in [3.05, 3.63) is 70.8 Å². The van der Waals surface area contributed by atoms with E-state index < -0.39 is 0 Å². The topological polar surface area (TPSA) is 85.8 Å². The lowest BCUT2D eigenvalue weighted by Gasteiger charge is -2.26. The molecule has 0 aromatic heterocycles. The molecule has 1 fully saturated rings. The predicted octanol–water partition coefficient (Wildman–Crippen LogP) is 2.65. The fourth-order valence-electron chi connectivity index (χ4n) is 3.43. The first-order chi connectivity index (χ1) is 15.0. The number of nitrogens with zero attached hydrogens (tertiary/aromatic N) is 2. The number of aryl methyl sites for hydroxylation is 1. The number of amides is 2. The van der Waals surface area contributed by atoms with Gasteiger partial charge in [0.2, 0.25) is 5.91 Å². The quantitative estimate of drug-likeness (QED) is 0.294. The molecule has 0 saturated carbocycles. The third-order valence-electron chi connectivity index (χ3n) is 5.43. The smallest absolute Gasteiger partial charge is 0.254 e. The Morgan fingerprint density at radius 1 is 1.12 bits per heavy atom. The van der Waals surface area contributed by atoms with Gasteiger partial charge in [-0.25, -0.2) is 0 Å². The Bertz CT molecular complexity index is 928. The van der Waals surface area contributed by atoms with E-state index in [2.05, 4.69) is 59.1 Å². The van der Waals surface area contributed by atoms with Gasteiger partial charge in [0.1, 0.15) is 0 Å². The molecule has 3 N–H and O–H groups in total. The van der Waals surface area contributed by atoms with Crippen molar-refractivity contribution >= 4 is 41.8 Å². The number of guanidine groups is 1. The van der Waals surface area contributed by atoms with Crippen LogP contribution in [0.3, 0.4) is 0 Å². The summed E-state index contributed by atoms with van der Waals surface area (Å²) < 4.78 is 0. The Morgan fingerprint density at radius 2 is 1.81 bits per heavy atom. The summed E-state index contributed by atoms with van der Waals surface area (Å²) in [5.41, 5.74) is 4.19. The summed E-state index contributed by atoms with van der Waals surface area (Å²) in [6.07, 6.45) is 0. The van der Waals surface area contributed by atoms with Crippen LogP contribution in [-0.4, -0.2) is 55.9 Å². The number of rotatable bonds is 6. The minimum Gasteiger partial charge on any atom is -0.356 e. The number of benzene rings is 2. The van der Waals surface area contributed by atoms with Gasteiger partial charge in [0, 0.05) is 38.8 Å². The molecule has 1 saturated heterocycles. The predicted molar refractivity (Wildman–Crippen MR) is 139 cm³/mol. The number of carbonyl (C=O) groups is 2. The summed E-state index contributed by atoms with van der Waals surface area (Å²) in [5.74, 6) is 0.868. The highest BCUT2D eigenvalue weighted by molar-refractivity contribution is 14.0. The number of nitrogens with one attached hydrogen (secondary N) is 3. The molecule has 7 nitrogen and oxygen atoms in total. The molecule has 32 heavy (non-hydrogen) atoms. The molecule has 172 valence electrons. The first kappa shape index (κ1) is 25.6. The maximum atomic E-state index is 12.6. The van der Waals surface area contributed by atoms with Gasteiger partial charge in [-0.1, -0.05) is 48.9 Å². The van der Waals surface area contributed by atoms with Gasteiger partial charge < -0.3 is 20.9 Å². The van der Waals surface area contributed by atoms with Crippen LogP contribution in [0.25, 0.3) is 0 Å². The van der Waals surface area contributed by atoms with Crippen molar-refractivity contribution < 1.29 is 9.59 Å². The van der Waals surface area contributed by atoms with Crippen LogP contribution in [0.1, 0.15) is 39.9 Å². The molecule has 0 spiro atoms. The molecule has 2 amide bonds. The summed E-state index contributed by atoms with van der Waals surface area (Å²) in [5, 5.41) is 9.41. The van der Waals surface area contributed by atoms with E-state index in [9.17, 15) is 9.59 Å². The summed E-state index contributed by atoms with van der Waals surface area (Å²) in [4.78, 5) is 29.9. The molecule has 0 bridgehead atoms. The Morgan fingerprint density at radius 3 is 2.44 bits per heavy atom. The maximum Gasteiger partial charge on any atom is 0.254 e. The molecule has 0 aliphatic carbocycles. The molecule has 1 aliphatic heterocycles. The fourth-order valence-corrected chi connectivity index (χ4v) is 3.43. The van der Waals surface area contributed by atoms with Crippen LogP contribution in [0, 0.1) is 6.92 Å². The lowest BCUT2D eigenvalue weighted by molar-refractivity contribution is -0.123. The van der Waals surface area contributed by atoms with Crippen molar-refractivity contribution in [3.8, 4) is 0 Å². The highest BCUT2D eigenvalue weighted by Crippen LogP contribution is 2.14. The molecule has 3 rings (SSSR count). The number of hydrogen-bond donors (Lipinski definition) is 3. The SMILES string of the molecule is CN=C(NCc1ccc(C(=O)N2CCNC(=O)C2)cc1)NCC(C)c1ccc(C)cc1.I. The minimum absolute atomic E-state index is 0. The minimum atomic E-state index is -0.115. The van der Waals surface area contributed by atoms with Crippen molar-refractivity contribution in [1.82, 2.24) is 20.9 Å². The van der Waals surface area contributed by atoms with E-state index in [1.807, 2.05) is 24.3 Å². The first-order valence-electron chi connectivity index (χ1n) is 10.6. The van der Waals surface area contributed by atoms with Crippen LogP contribution in [0.4, 0.5) is 0 Å². The molecule has 8 heteroatoms. The normalized spacial score (nSPS) is 14.8. The van der Waals surface area contributed by atoms with Crippen LogP contribution in [0.15, 0.2) is 53.5 Å². The summed E-state index contributed by atoms with van der Waals surface area (Å²) in [6, 6.07) is 16.1. The largest absolute Gasteiger partial charge is 0.356 e. The molecular formula is C24H32IN5O2. The van der Waals surface area contributed by atoms with Gasteiger partial charge in [0.25, 0.3) is 5.91 Å². The highest BCUT2D eigenvalue weighted by Gasteiger charge is 2.22. The zero-order valence-corrected chi connectivity index (χ0v) is 21.2. The molecule has 1 aliphatic rings. The van der Waals surface area contributed by atoms with E-state index in [-0.39, 0.29) is 42.3 Å². The van der Waals surface area contributed by atoms with Gasteiger partial charge in [-0.2, -0.15) is 0 Å². The van der Waals surface area contributed by atoms with E-state index in [4.69, 9.17) is 0 Å². The van der Waals surface area contributed by atoms with Gasteiger partial charge in [0.15, 0.2) is 5.96 Å². The van der Waals surface area contributed by atoms with Crippen molar-refractivity contribution in [2.45, 2.75) is 26.3 Å². The van der Waals surface area contributed by atoms with Gasteiger partial charge in [-0.3, -0.25) is 14.6 Å². The maximum absolute atomic E-state index is 12.6. The number of piperazine rings is 1. The van der Waals surface area contributed by atoms with E-state index in [0.717, 1.165) is 18.1 Å². The zero-order valence-electron chi connectivity index (χ0n) is 18.9. The van der Waals surface area contributed by atoms with Gasteiger partial charge in [-0.15, -0.1) is 24.0 Å². The van der Waals surface area contributed by atoms with E-state index >= 15 is 0 Å². The summed E-state index contributed by atoms with van der Waals surface area (Å²) in [6.45, 7) is 6.81. The van der Waals surface area contributed by atoms with Crippen LogP contribution in [-0.2, 0) is 11.3 Å². The second-order valence-electron chi connectivity index (χ2n) is 7.89. The number of carbonyl (C=O) groups excluding carboxylic acids is 2. The molecule has 1 atom stereocenters. The number of hydrogen-bond acceptors (Lipinski definition) is 3. The second-order valence-corrected chi connectivity index (χ2v) is 7.89. The highest BCUT2D eigenvalue weighted by atomic mass is 127. The summed E-state index contributed by atoms with van der Waals surface area (Å²) >= 11 is 0. The van der Waals surface area contributed by atoms with Gasteiger partial charge in [-0.05, 0) is 36.1 Å². The first-order valence-corrected chi connectivity index (χ1v) is 10.6. The van der Waals surface area contributed by atoms with Gasteiger partial charge >= 0.3 is 0 Å². The molecular weight excluding hydrogens is 517 g/mol. The van der Waals surface area contributed by atoms with Crippen LogP contribution < -0.4 is 16.0 Å². The lowest BCUT2D eigenvalue weighted by Crippen LogP contribution is -2.49. The third-order valence-corrected chi connectivity index (χ3v) is 5.43. The Kier molecular flexibility index (Phi) is 9.96. The number of halogens is 1. The Hall–Kier alpha value is -2.62. The van der Waals surface area contributed by atoms with Gasteiger partial charge in [0.05, 0.1) is 6.54 Å². The third kappa shape index (κ3) is 7.22. The summed E-state index contributed by atoms with van der Waals surface area (Å²) in [7, 11) is 1.75. The van der Waals surface area contributed by atoms with Crippen molar-refractivity contribution in [2.24, 2.45) is 4.99 Å². The van der Waals surface area contributed by atoms with Crippen molar-refractivity contribution in [2.75, 3.05) is 33.2 Å². The monoisotopic (exact) mass is 549 g/mol. The standard InChI is InChI=1S/C24H31N5O2.HI/c1-17-4-8-20(9-5-17)18(2)14-27-24(25-3)28-15-19-6-10-21(11-7-19)23(31)29-13-12-26-22(30)16-29;/h4-11,18H,12-16H2,1-3H3,(H,26,30)(H2,25,27,28);1H. The molecule has 1 unspecified atom stereocenters. The van der Waals surface area contributed by atoms with Crippen molar-refractivity contribution in [3.63, 3.8) is 0 Å². The molecule has 0 radical (unpaired) electrons. The molecule has 2 aromatic rings. The Balaban J connectivity index is 0.00000363. The molecule has 2 aromatic carbocycles. The van der Waals surface area contributed by atoms with Crippen LogP contribution in [0.2, 0.25) is 0 Å². The molecule has 1 heterocycles. The van der Waals surface area contributed by atoms with Crippen LogP contribution in [0.5, 0.6) is 0 Å². The zero-order chi connectivity index (χ0) is 22.2. The van der Waals surface area contributed by atoms with E-state index in [1.165, 1.54) is 11.1 Å². The lowest BCUT2D eigenvalue weighted by atomic mass is 10.0. The average Bonchev–Trinajstić information content (AvgIpc) is 2.79. The van der Waals surface area contributed by atoms with E-state index in [1.54, 1.807) is 11.9 Å². The van der Waals surface area contributed by atoms with E-state index in [0.29, 0.717) is 31.1 Å². The average molecular weight is 549 g/mol. The van der Waals surface area contributed by atoms with Crippen LogP contribution >= 0.6 is 24.0 Å².